The van der Waals surface area contributed by atoms with Crippen LogP contribution in [-0.2, 0) is 16.6 Å². The van der Waals surface area contributed by atoms with Gasteiger partial charge in [0.2, 0.25) is 10.0 Å². The molecule has 1 atom stereocenters. The maximum atomic E-state index is 12.5. The number of hydrogen-bond acceptors (Lipinski definition) is 6. The number of nitrogens with one attached hydrogen (secondary N) is 1. The zero-order chi connectivity index (χ0) is 17.9. The van der Waals surface area contributed by atoms with Crippen molar-refractivity contribution in [3.63, 3.8) is 0 Å². The van der Waals surface area contributed by atoms with Gasteiger partial charge in [0.05, 0.1) is 7.11 Å². The molecule has 5 nitrogen and oxygen atoms in total. The molecule has 0 radical (unpaired) electrons. The Kier molecular flexibility index (Phi) is 5.55. The second kappa shape index (κ2) is 7.67. The van der Waals surface area contributed by atoms with Gasteiger partial charge in [-0.2, -0.15) is 11.3 Å². The summed E-state index contributed by atoms with van der Waals surface area (Å²) in [4.78, 5) is 1.71. The molecule has 0 saturated heterocycles. The lowest BCUT2D eigenvalue weighted by atomic mass is 10.2. The predicted molar refractivity (Wildman–Crippen MR) is 99.7 cm³/mol. The van der Waals surface area contributed by atoms with Crippen LogP contribution in [0.3, 0.4) is 0 Å². The van der Waals surface area contributed by atoms with Crippen LogP contribution in [0.25, 0.3) is 0 Å². The number of sulfonamides is 1. The molecule has 0 aliphatic rings. The lowest BCUT2D eigenvalue weighted by molar-refractivity contribution is 0.224. The zero-order valence-electron chi connectivity index (χ0n) is 13.4. The first-order valence-corrected chi connectivity index (χ1v) is 10.7. The van der Waals surface area contributed by atoms with Crippen molar-refractivity contribution in [2.24, 2.45) is 0 Å². The van der Waals surface area contributed by atoms with Gasteiger partial charge in [-0.25, -0.2) is 13.1 Å². The van der Waals surface area contributed by atoms with E-state index in [1.54, 1.807) is 18.2 Å². The summed E-state index contributed by atoms with van der Waals surface area (Å²) in [5, 5.41) is 14.1. The second-order valence-corrected chi connectivity index (χ2v) is 8.95. The molecule has 3 rings (SSSR count). The normalized spacial score (nSPS) is 12.9. The Morgan fingerprint density at radius 3 is 2.72 bits per heavy atom. The highest BCUT2D eigenvalue weighted by Crippen LogP contribution is 2.30. The van der Waals surface area contributed by atoms with Crippen molar-refractivity contribution in [2.75, 3.05) is 7.11 Å². The van der Waals surface area contributed by atoms with Crippen molar-refractivity contribution in [1.29, 1.82) is 0 Å². The maximum absolute atomic E-state index is 12.5. The van der Waals surface area contributed by atoms with Crippen molar-refractivity contribution in [1.82, 2.24) is 4.72 Å². The molecule has 25 heavy (non-hydrogen) atoms. The number of thiophene rings is 2. The summed E-state index contributed by atoms with van der Waals surface area (Å²) in [6.45, 7) is 0.154. The van der Waals surface area contributed by atoms with E-state index >= 15 is 0 Å². The molecular formula is C17H17NO4S3. The molecule has 0 bridgehead atoms. The first-order chi connectivity index (χ1) is 12.0. The molecule has 0 saturated carbocycles. The lowest BCUT2D eigenvalue weighted by Crippen LogP contribution is -2.23. The van der Waals surface area contributed by atoms with E-state index in [0.717, 1.165) is 15.3 Å². The van der Waals surface area contributed by atoms with Gasteiger partial charge in [0.1, 0.15) is 16.7 Å². The summed E-state index contributed by atoms with van der Waals surface area (Å²) < 4.78 is 32.6. The van der Waals surface area contributed by atoms with Crippen LogP contribution in [0, 0.1) is 0 Å². The Bertz CT molecular complexity index is 932. The number of rotatable bonds is 7. The quantitative estimate of drug-likeness (QED) is 0.643. The number of hydrogen-bond donors (Lipinski definition) is 2. The number of methoxy groups -OCH3 is 1. The highest BCUT2D eigenvalue weighted by molar-refractivity contribution is 7.89. The van der Waals surface area contributed by atoms with Gasteiger partial charge < -0.3 is 9.84 Å². The Hall–Kier alpha value is -1.71. The van der Waals surface area contributed by atoms with E-state index in [-0.39, 0.29) is 11.4 Å². The fourth-order valence-electron chi connectivity index (χ4n) is 2.32. The molecular weight excluding hydrogens is 378 g/mol. The van der Waals surface area contributed by atoms with Gasteiger partial charge in [-0.3, -0.25) is 0 Å². The number of aliphatic hydroxyl groups excluding tert-OH is 1. The highest BCUT2D eigenvalue weighted by Gasteiger charge is 2.19. The topological polar surface area (TPSA) is 75.6 Å². The minimum atomic E-state index is -3.68. The molecule has 2 heterocycles. The minimum Gasteiger partial charge on any atom is -0.495 e. The van der Waals surface area contributed by atoms with E-state index in [1.807, 2.05) is 29.0 Å². The highest BCUT2D eigenvalue weighted by atomic mass is 32.2. The van der Waals surface area contributed by atoms with E-state index in [1.165, 1.54) is 35.8 Å². The number of aliphatic hydroxyl groups is 1. The van der Waals surface area contributed by atoms with Gasteiger partial charge in [0.15, 0.2) is 0 Å². The third kappa shape index (κ3) is 4.10. The van der Waals surface area contributed by atoms with Crippen LogP contribution in [0.2, 0.25) is 0 Å². The molecule has 0 aliphatic carbocycles. The van der Waals surface area contributed by atoms with Crippen LogP contribution in [0.4, 0.5) is 0 Å². The van der Waals surface area contributed by atoms with Crippen molar-refractivity contribution in [3.8, 4) is 5.75 Å². The van der Waals surface area contributed by atoms with Crippen LogP contribution in [-0.4, -0.2) is 20.6 Å². The van der Waals surface area contributed by atoms with Crippen LogP contribution in [0.1, 0.15) is 21.4 Å². The minimum absolute atomic E-state index is 0.104. The Morgan fingerprint density at radius 1 is 1.20 bits per heavy atom. The second-order valence-electron chi connectivity index (χ2n) is 5.24. The molecule has 2 aromatic heterocycles. The summed E-state index contributed by atoms with van der Waals surface area (Å²) >= 11 is 2.91. The van der Waals surface area contributed by atoms with Gasteiger partial charge in [-0.1, -0.05) is 12.1 Å². The molecule has 3 aromatic rings. The van der Waals surface area contributed by atoms with Gasteiger partial charge >= 0.3 is 0 Å². The van der Waals surface area contributed by atoms with Crippen LogP contribution >= 0.6 is 22.7 Å². The molecule has 0 amide bonds. The van der Waals surface area contributed by atoms with E-state index in [2.05, 4.69) is 4.72 Å². The fraction of sp³-hybridized carbons (Fsp3) is 0.176. The Balaban J connectivity index is 1.71. The van der Waals surface area contributed by atoms with Crippen LogP contribution < -0.4 is 9.46 Å². The Labute approximate surface area is 154 Å². The molecule has 0 fully saturated rings. The van der Waals surface area contributed by atoms with E-state index in [0.29, 0.717) is 5.75 Å². The molecule has 2 N–H and O–H groups in total. The summed E-state index contributed by atoms with van der Waals surface area (Å²) in [7, 11) is -2.25. The Morgan fingerprint density at radius 2 is 2.00 bits per heavy atom. The standard InChI is InChI=1S/C17H17NO4S3/c1-22-14-4-2-3-5-16(14)25(20,21)18-10-13-6-7-15(24-13)17(19)12-8-9-23-11-12/h2-9,11,17-19H,10H2,1H3. The summed E-state index contributed by atoms with van der Waals surface area (Å²) in [5.41, 5.74) is 0.841. The zero-order valence-corrected chi connectivity index (χ0v) is 15.8. The summed E-state index contributed by atoms with van der Waals surface area (Å²) in [5.74, 6) is 0.301. The van der Waals surface area contributed by atoms with Crippen molar-refractivity contribution >= 4 is 32.7 Å². The summed E-state index contributed by atoms with van der Waals surface area (Å²) in [6.07, 6.45) is -0.684. The van der Waals surface area contributed by atoms with Crippen molar-refractivity contribution in [3.05, 3.63) is 68.5 Å². The maximum Gasteiger partial charge on any atom is 0.244 e. The van der Waals surface area contributed by atoms with E-state index in [4.69, 9.17) is 4.74 Å². The van der Waals surface area contributed by atoms with Crippen molar-refractivity contribution in [2.45, 2.75) is 17.5 Å². The molecule has 8 heteroatoms. The number of para-hydroxylation sites is 1. The molecule has 0 aliphatic heterocycles. The number of ether oxygens (including phenoxy) is 1. The van der Waals surface area contributed by atoms with Crippen molar-refractivity contribution < 1.29 is 18.3 Å². The largest absolute Gasteiger partial charge is 0.495 e. The first-order valence-electron chi connectivity index (χ1n) is 7.42. The average molecular weight is 396 g/mol. The van der Waals surface area contributed by atoms with E-state index in [9.17, 15) is 13.5 Å². The lowest BCUT2D eigenvalue weighted by Gasteiger charge is -2.10. The van der Waals surface area contributed by atoms with Gasteiger partial charge in [0.25, 0.3) is 0 Å². The molecule has 0 spiro atoms. The number of benzene rings is 1. The molecule has 132 valence electrons. The first kappa shape index (κ1) is 18.1. The monoisotopic (exact) mass is 395 g/mol. The third-order valence-electron chi connectivity index (χ3n) is 3.61. The van der Waals surface area contributed by atoms with E-state index < -0.39 is 16.1 Å². The fourth-order valence-corrected chi connectivity index (χ4v) is 5.23. The SMILES string of the molecule is COc1ccccc1S(=O)(=O)NCc1ccc(C(O)c2ccsc2)s1. The van der Waals surface area contributed by atoms with Gasteiger partial charge in [0, 0.05) is 16.3 Å². The molecule has 1 unspecified atom stereocenters. The van der Waals surface area contributed by atoms with Crippen LogP contribution in [0.15, 0.2) is 58.1 Å². The smallest absolute Gasteiger partial charge is 0.244 e. The third-order valence-corrected chi connectivity index (χ3v) is 6.89. The van der Waals surface area contributed by atoms with Gasteiger partial charge in [-0.15, -0.1) is 11.3 Å². The summed E-state index contributed by atoms with van der Waals surface area (Å²) in [6, 6.07) is 12.0. The molecule has 1 aromatic carbocycles. The average Bonchev–Trinajstić information content (AvgIpc) is 3.31. The predicted octanol–water partition coefficient (Wildman–Crippen LogP) is 3.38. The van der Waals surface area contributed by atoms with Gasteiger partial charge in [-0.05, 0) is 46.7 Å². The van der Waals surface area contributed by atoms with Crippen LogP contribution in [0.5, 0.6) is 5.75 Å².